The van der Waals surface area contributed by atoms with E-state index in [1.54, 1.807) is 13.0 Å². The topological polar surface area (TPSA) is 78.4 Å². The van der Waals surface area contributed by atoms with Crippen molar-refractivity contribution in [2.24, 2.45) is 0 Å². The predicted octanol–water partition coefficient (Wildman–Crippen LogP) is -0.998. The molecule has 2 heterocycles. The van der Waals surface area contributed by atoms with Crippen molar-refractivity contribution in [1.29, 1.82) is 0 Å². The lowest BCUT2D eigenvalue weighted by atomic mass is 10.2. The van der Waals surface area contributed by atoms with Crippen LogP contribution in [0.1, 0.15) is 12.6 Å². The number of nitrogens with zero attached hydrogens (tertiary/aromatic N) is 2. The van der Waals surface area contributed by atoms with Crippen LogP contribution in [0.5, 0.6) is 5.88 Å². The van der Waals surface area contributed by atoms with Gasteiger partial charge in [0.2, 0.25) is 0 Å². The van der Waals surface area contributed by atoms with E-state index in [2.05, 4.69) is 9.97 Å². The summed E-state index contributed by atoms with van der Waals surface area (Å²) < 4.78 is 9.79. The number of carbonyl (C=O) groups excluding carboxylic acids is 2. The number of hydrogen-bond donors (Lipinski definition) is 0. The van der Waals surface area contributed by atoms with Crippen LogP contribution in [0.3, 0.4) is 0 Å². The van der Waals surface area contributed by atoms with E-state index >= 15 is 0 Å². The average molecular weight is 258 g/mol. The summed E-state index contributed by atoms with van der Waals surface area (Å²) in [5.41, 5.74) is 0.531. The largest absolute Gasteiger partial charge is 0.462 e. The molecule has 1 aromatic heterocycles. The van der Waals surface area contributed by atoms with Gasteiger partial charge < -0.3 is 9.47 Å². The van der Waals surface area contributed by atoms with Crippen molar-refractivity contribution >= 4 is 23.6 Å². The molecule has 6 nitrogen and oxygen atoms in total. The molecule has 0 amide bonds. The Morgan fingerprint density at radius 3 is 3.11 bits per heavy atom. The molecule has 3 rings (SSSR count). The molecule has 19 heavy (non-hydrogen) atoms. The number of esters is 2. The fourth-order valence-corrected chi connectivity index (χ4v) is 1.94. The zero-order chi connectivity index (χ0) is 13.4. The highest BCUT2D eigenvalue weighted by Crippen LogP contribution is 2.12. The van der Waals surface area contributed by atoms with Gasteiger partial charge in [0, 0.05) is 6.42 Å². The van der Waals surface area contributed by atoms with Gasteiger partial charge in [-0.2, -0.15) is 0 Å². The van der Waals surface area contributed by atoms with Crippen LogP contribution in [0, 0.1) is 0 Å². The zero-order valence-corrected chi connectivity index (χ0v) is 10.2. The summed E-state index contributed by atoms with van der Waals surface area (Å²) in [5, 5.41) is 0.824. The molecule has 6 heteroatoms. The molecule has 0 atom stereocenters. The van der Waals surface area contributed by atoms with Crippen LogP contribution in [0.25, 0.3) is 11.6 Å². The minimum absolute atomic E-state index is 0.0679. The summed E-state index contributed by atoms with van der Waals surface area (Å²) in [6.45, 7) is 1.85. The number of aromatic nitrogens is 2. The van der Waals surface area contributed by atoms with E-state index in [0.717, 1.165) is 0 Å². The maximum atomic E-state index is 11.7. The van der Waals surface area contributed by atoms with Gasteiger partial charge in [0.1, 0.15) is 5.35 Å². The molecule has 1 aliphatic heterocycles. The third kappa shape index (κ3) is 1.81. The van der Waals surface area contributed by atoms with Crippen molar-refractivity contribution in [3.63, 3.8) is 0 Å². The first kappa shape index (κ1) is 11.6. The summed E-state index contributed by atoms with van der Waals surface area (Å²) in [6, 6.07) is 0. The van der Waals surface area contributed by atoms with Gasteiger partial charge in [0.15, 0.2) is 5.57 Å². The number of ether oxygens (including phenoxy) is 2. The van der Waals surface area contributed by atoms with Gasteiger partial charge >= 0.3 is 11.9 Å². The van der Waals surface area contributed by atoms with Crippen LogP contribution >= 0.6 is 0 Å². The van der Waals surface area contributed by atoms with Gasteiger partial charge in [-0.1, -0.05) is 12.2 Å². The van der Waals surface area contributed by atoms with Gasteiger partial charge in [-0.3, -0.25) is 0 Å². The Bertz CT molecular complexity index is 734. The normalized spacial score (nSPS) is 15.4. The molecule has 1 aromatic rings. The predicted molar refractivity (Wildman–Crippen MR) is 64.3 cm³/mol. The van der Waals surface area contributed by atoms with Gasteiger partial charge in [0.25, 0.3) is 5.88 Å². The molecule has 0 bridgehead atoms. The Morgan fingerprint density at radius 2 is 2.32 bits per heavy atom. The smallest absolute Gasteiger partial charge is 0.354 e. The Kier molecular flexibility index (Phi) is 2.63. The lowest BCUT2D eigenvalue weighted by molar-refractivity contribution is -0.139. The fraction of sp³-hybridized carbons (Fsp3) is 0.231. The lowest BCUT2D eigenvalue weighted by Crippen LogP contribution is -2.27. The monoisotopic (exact) mass is 258 g/mol. The second-order valence-corrected chi connectivity index (χ2v) is 3.99. The highest BCUT2D eigenvalue weighted by atomic mass is 16.6. The van der Waals surface area contributed by atoms with Gasteiger partial charge in [-0.05, 0) is 13.0 Å². The Hall–Kier alpha value is -2.50. The van der Waals surface area contributed by atoms with E-state index in [4.69, 9.17) is 9.47 Å². The molecule has 96 valence electrons. The number of hydrogen-bond acceptors (Lipinski definition) is 6. The summed E-state index contributed by atoms with van der Waals surface area (Å²) in [4.78, 5) is 31.9. The SMILES string of the molecule is CCOC(=O)C1=c2nc3c(nc2OC1=O)=CC=CC3. The number of fused-ring (bicyclic) bond motifs is 2. The van der Waals surface area contributed by atoms with E-state index in [-0.39, 0.29) is 23.4 Å². The summed E-state index contributed by atoms with van der Waals surface area (Å²) in [7, 11) is 0. The standard InChI is InChI=1S/C13H10N2O4/c1-2-18-12(16)9-10-11(19-13(9)17)15-8-6-4-3-5-7(8)14-10/h3-4,6H,2,5H2,1H3. The lowest BCUT2D eigenvalue weighted by Gasteiger charge is -2.02. The average Bonchev–Trinajstić information content (AvgIpc) is 2.71. The molecule has 0 radical (unpaired) electrons. The maximum absolute atomic E-state index is 11.7. The number of allylic oxidation sites excluding steroid dienone is 2. The molecular weight excluding hydrogens is 248 g/mol. The molecule has 0 saturated heterocycles. The third-order valence-corrected chi connectivity index (χ3v) is 2.78. The van der Waals surface area contributed by atoms with Crippen molar-refractivity contribution < 1.29 is 19.1 Å². The van der Waals surface area contributed by atoms with E-state index in [0.29, 0.717) is 17.5 Å². The fourth-order valence-electron chi connectivity index (χ4n) is 1.94. The van der Waals surface area contributed by atoms with Crippen LogP contribution in [-0.4, -0.2) is 28.5 Å². The van der Waals surface area contributed by atoms with Crippen LogP contribution in [0.4, 0.5) is 0 Å². The van der Waals surface area contributed by atoms with Gasteiger partial charge in [-0.25, -0.2) is 19.6 Å². The number of rotatable bonds is 2. The van der Waals surface area contributed by atoms with E-state index < -0.39 is 11.9 Å². The molecule has 2 aliphatic rings. The molecule has 1 aliphatic carbocycles. The molecule has 0 fully saturated rings. The van der Waals surface area contributed by atoms with Crippen LogP contribution in [0.2, 0.25) is 0 Å². The third-order valence-electron chi connectivity index (χ3n) is 2.78. The van der Waals surface area contributed by atoms with Gasteiger partial charge in [0.05, 0.1) is 17.6 Å². The first-order valence-electron chi connectivity index (χ1n) is 5.88. The molecule has 0 unspecified atom stereocenters. The minimum atomic E-state index is -0.760. The van der Waals surface area contributed by atoms with Crippen LogP contribution in [-0.2, 0) is 20.7 Å². The maximum Gasteiger partial charge on any atom is 0.354 e. The zero-order valence-electron chi connectivity index (χ0n) is 10.2. The Morgan fingerprint density at radius 1 is 1.47 bits per heavy atom. The Labute approximate surface area is 108 Å². The van der Waals surface area contributed by atoms with E-state index in [1.165, 1.54) is 0 Å². The van der Waals surface area contributed by atoms with Crippen molar-refractivity contribution in [3.05, 3.63) is 28.5 Å². The summed E-state index contributed by atoms with van der Waals surface area (Å²) in [6.07, 6.45) is 6.17. The first-order valence-corrected chi connectivity index (χ1v) is 5.88. The van der Waals surface area contributed by atoms with E-state index in [9.17, 15) is 9.59 Å². The molecule has 0 saturated carbocycles. The number of carbonyl (C=O) groups is 2. The van der Waals surface area contributed by atoms with Crippen molar-refractivity contribution in [2.45, 2.75) is 13.3 Å². The van der Waals surface area contributed by atoms with E-state index in [1.807, 2.05) is 12.2 Å². The summed E-state index contributed by atoms with van der Waals surface area (Å²) >= 11 is 0. The summed E-state index contributed by atoms with van der Waals surface area (Å²) in [5.74, 6) is -1.42. The second-order valence-electron chi connectivity index (χ2n) is 3.99. The highest BCUT2D eigenvalue weighted by Gasteiger charge is 2.32. The second kappa shape index (κ2) is 4.31. The molecule has 0 spiro atoms. The molecule has 0 aromatic carbocycles. The van der Waals surface area contributed by atoms with Crippen molar-refractivity contribution in [3.8, 4) is 5.88 Å². The Balaban J connectivity index is 2.23. The highest BCUT2D eigenvalue weighted by molar-refractivity contribution is 6.38. The molecule has 0 N–H and O–H groups in total. The van der Waals surface area contributed by atoms with Crippen LogP contribution < -0.4 is 15.4 Å². The quantitative estimate of drug-likeness (QED) is 0.633. The minimum Gasteiger partial charge on any atom is -0.462 e. The van der Waals surface area contributed by atoms with Gasteiger partial charge in [-0.15, -0.1) is 0 Å². The first-order chi connectivity index (χ1) is 9.20. The molecular formula is C13H10N2O4. The van der Waals surface area contributed by atoms with Crippen LogP contribution in [0.15, 0.2) is 12.2 Å². The van der Waals surface area contributed by atoms with Crippen molar-refractivity contribution in [1.82, 2.24) is 9.97 Å². The van der Waals surface area contributed by atoms with Crippen molar-refractivity contribution in [2.75, 3.05) is 6.61 Å².